The molecule has 0 saturated heterocycles. The fourth-order valence-electron chi connectivity index (χ4n) is 0.748. The summed E-state index contributed by atoms with van der Waals surface area (Å²) < 4.78 is 1.44. The van der Waals surface area contributed by atoms with Crippen molar-refractivity contribution in [2.75, 3.05) is 0 Å². The highest BCUT2D eigenvalue weighted by molar-refractivity contribution is 4.92. The summed E-state index contributed by atoms with van der Waals surface area (Å²) in [6.07, 6.45) is 0. The summed E-state index contributed by atoms with van der Waals surface area (Å²) in [6.45, 7) is 3.28. The summed E-state index contributed by atoms with van der Waals surface area (Å²) in [5.74, 6) is 0.465. The Morgan fingerprint density at radius 3 is 2.30 bits per heavy atom. The van der Waals surface area contributed by atoms with Crippen LogP contribution in [0.3, 0.4) is 0 Å². The van der Waals surface area contributed by atoms with E-state index in [-0.39, 0.29) is 0 Å². The van der Waals surface area contributed by atoms with Gasteiger partial charge in [0.2, 0.25) is 0 Å². The van der Waals surface area contributed by atoms with Crippen molar-refractivity contribution in [1.82, 2.24) is 20.2 Å². The fourth-order valence-corrected chi connectivity index (χ4v) is 0.748. The van der Waals surface area contributed by atoms with Crippen molar-refractivity contribution in [3.05, 3.63) is 5.82 Å². The van der Waals surface area contributed by atoms with E-state index in [0.717, 1.165) is 0 Å². The minimum absolute atomic E-state index is 0.465. The van der Waals surface area contributed by atoms with E-state index in [2.05, 4.69) is 15.5 Å². The molecule has 1 aromatic heterocycles. The third-order valence-corrected chi connectivity index (χ3v) is 1.17. The van der Waals surface area contributed by atoms with Gasteiger partial charge in [0.05, 0.1) is 0 Å². The summed E-state index contributed by atoms with van der Waals surface area (Å²) in [7, 11) is 1.69. The predicted molar refractivity (Wildman–Crippen MR) is 34.0 cm³/mol. The Balaban J connectivity index is 3.05. The average Bonchev–Trinajstić information content (AvgIpc) is 2.11. The van der Waals surface area contributed by atoms with Crippen LogP contribution < -0.4 is 0 Å². The summed E-state index contributed by atoms with van der Waals surface area (Å²) in [6, 6.07) is 0. The Labute approximate surface area is 58.7 Å². The van der Waals surface area contributed by atoms with Crippen LogP contribution >= 0.6 is 0 Å². The molecule has 5 nitrogen and oxygen atoms in total. The van der Waals surface area contributed by atoms with Crippen LogP contribution in [-0.2, 0) is 12.6 Å². The van der Waals surface area contributed by atoms with Crippen LogP contribution in [0.5, 0.6) is 0 Å². The van der Waals surface area contributed by atoms with Crippen LogP contribution in [0.15, 0.2) is 0 Å². The van der Waals surface area contributed by atoms with E-state index in [1.54, 1.807) is 20.9 Å². The molecule has 0 aliphatic rings. The van der Waals surface area contributed by atoms with E-state index in [0.29, 0.717) is 5.82 Å². The molecule has 1 N–H and O–H groups in total. The zero-order valence-corrected chi connectivity index (χ0v) is 6.24. The van der Waals surface area contributed by atoms with Gasteiger partial charge in [-0.1, -0.05) is 0 Å². The highest BCUT2D eigenvalue weighted by atomic mass is 16.3. The Morgan fingerprint density at radius 2 is 2.10 bits per heavy atom. The number of nitrogens with zero attached hydrogens (tertiary/aromatic N) is 4. The van der Waals surface area contributed by atoms with E-state index >= 15 is 0 Å². The van der Waals surface area contributed by atoms with E-state index in [1.807, 2.05) is 0 Å². The third-order valence-electron chi connectivity index (χ3n) is 1.17. The first kappa shape index (κ1) is 7.14. The first-order valence-electron chi connectivity index (χ1n) is 2.97. The smallest absolute Gasteiger partial charge is 0.182 e. The van der Waals surface area contributed by atoms with Gasteiger partial charge in [-0.25, -0.2) is 4.68 Å². The Morgan fingerprint density at radius 1 is 1.50 bits per heavy atom. The number of hydrogen-bond acceptors (Lipinski definition) is 4. The van der Waals surface area contributed by atoms with Crippen LogP contribution in [0.2, 0.25) is 0 Å². The molecule has 5 heteroatoms. The van der Waals surface area contributed by atoms with E-state index < -0.39 is 5.60 Å². The summed E-state index contributed by atoms with van der Waals surface area (Å²) in [4.78, 5) is 0. The zero-order valence-electron chi connectivity index (χ0n) is 6.24. The largest absolute Gasteiger partial charge is 0.382 e. The maximum absolute atomic E-state index is 9.40. The third kappa shape index (κ3) is 1.13. The maximum atomic E-state index is 9.40. The van der Waals surface area contributed by atoms with Gasteiger partial charge in [-0.2, -0.15) is 0 Å². The van der Waals surface area contributed by atoms with Crippen molar-refractivity contribution in [3.8, 4) is 0 Å². The minimum atomic E-state index is -0.960. The van der Waals surface area contributed by atoms with Gasteiger partial charge in [-0.05, 0) is 24.3 Å². The molecule has 0 saturated carbocycles. The standard InChI is InChI=1S/C5H10N4O/c1-5(2,10)4-6-7-8-9(4)3/h10H,1-3H3. The Kier molecular flexibility index (Phi) is 1.44. The highest BCUT2D eigenvalue weighted by Gasteiger charge is 2.22. The van der Waals surface area contributed by atoms with E-state index in [9.17, 15) is 5.11 Å². The Bertz CT molecular complexity index is 224. The molecule has 1 aromatic rings. The van der Waals surface area contributed by atoms with Crippen LogP contribution in [0.25, 0.3) is 0 Å². The van der Waals surface area contributed by atoms with Gasteiger partial charge in [0, 0.05) is 7.05 Å². The lowest BCUT2D eigenvalue weighted by Crippen LogP contribution is -2.21. The monoisotopic (exact) mass is 142 g/mol. The normalized spacial score (nSPS) is 12.0. The number of aromatic nitrogens is 4. The number of aliphatic hydroxyl groups is 1. The molecule has 0 aliphatic heterocycles. The van der Waals surface area contributed by atoms with Gasteiger partial charge >= 0.3 is 0 Å². The molecule has 10 heavy (non-hydrogen) atoms. The van der Waals surface area contributed by atoms with Crippen LogP contribution in [-0.4, -0.2) is 25.3 Å². The molecule has 56 valence electrons. The number of tetrazole rings is 1. The van der Waals surface area contributed by atoms with Gasteiger partial charge in [-0.3, -0.25) is 0 Å². The van der Waals surface area contributed by atoms with E-state index in [4.69, 9.17) is 0 Å². The summed E-state index contributed by atoms with van der Waals surface area (Å²) in [5.41, 5.74) is -0.960. The summed E-state index contributed by atoms with van der Waals surface area (Å²) in [5, 5.41) is 20.0. The summed E-state index contributed by atoms with van der Waals surface area (Å²) >= 11 is 0. The minimum Gasteiger partial charge on any atom is -0.382 e. The lowest BCUT2D eigenvalue weighted by atomic mass is 10.1. The van der Waals surface area contributed by atoms with E-state index in [1.165, 1.54) is 4.68 Å². The molecule has 0 fully saturated rings. The van der Waals surface area contributed by atoms with Gasteiger partial charge < -0.3 is 5.11 Å². The molecule has 0 atom stereocenters. The molecule has 0 bridgehead atoms. The Hall–Kier alpha value is -0.970. The van der Waals surface area contributed by atoms with Crippen molar-refractivity contribution >= 4 is 0 Å². The molecule has 0 aromatic carbocycles. The zero-order chi connectivity index (χ0) is 7.78. The molecule has 1 heterocycles. The molecule has 0 spiro atoms. The second-order valence-electron chi connectivity index (χ2n) is 2.69. The lowest BCUT2D eigenvalue weighted by molar-refractivity contribution is 0.0645. The molecule has 0 radical (unpaired) electrons. The first-order valence-corrected chi connectivity index (χ1v) is 2.97. The van der Waals surface area contributed by atoms with Gasteiger partial charge in [-0.15, -0.1) is 5.10 Å². The quantitative estimate of drug-likeness (QED) is 0.570. The molecular formula is C5H10N4O. The van der Waals surface area contributed by atoms with Crippen molar-refractivity contribution in [2.45, 2.75) is 19.4 Å². The van der Waals surface area contributed by atoms with Crippen LogP contribution in [0, 0.1) is 0 Å². The maximum Gasteiger partial charge on any atom is 0.182 e. The predicted octanol–water partition coefficient (Wildman–Crippen LogP) is -0.563. The topological polar surface area (TPSA) is 63.8 Å². The van der Waals surface area contributed by atoms with Crippen molar-refractivity contribution < 1.29 is 5.11 Å². The highest BCUT2D eigenvalue weighted by Crippen LogP contribution is 2.13. The van der Waals surface area contributed by atoms with Crippen LogP contribution in [0.1, 0.15) is 19.7 Å². The molecule has 0 amide bonds. The van der Waals surface area contributed by atoms with Crippen molar-refractivity contribution in [2.24, 2.45) is 7.05 Å². The molecule has 1 rings (SSSR count). The fraction of sp³-hybridized carbons (Fsp3) is 0.800. The van der Waals surface area contributed by atoms with Gasteiger partial charge in [0.1, 0.15) is 5.60 Å². The molecule has 0 unspecified atom stereocenters. The number of rotatable bonds is 1. The molecule has 0 aliphatic carbocycles. The average molecular weight is 142 g/mol. The second kappa shape index (κ2) is 2.02. The van der Waals surface area contributed by atoms with Crippen molar-refractivity contribution in [3.63, 3.8) is 0 Å². The van der Waals surface area contributed by atoms with Gasteiger partial charge in [0.25, 0.3) is 0 Å². The van der Waals surface area contributed by atoms with Gasteiger partial charge in [0.15, 0.2) is 5.82 Å². The SMILES string of the molecule is Cn1nnnc1C(C)(C)O. The first-order chi connectivity index (χ1) is 4.52. The molecular weight excluding hydrogens is 132 g/mol. The number of aryl methyl sites for hydroxylation is 1. The van der Waals surface area contributed by atoms with Crippen LogP contribution in [0.4, 0.5) is 0 Å². The second-order valence-corrected chi connectivity index (χ2v) is 2.69. The van der Waals surface area contributed by atoms with Crippen molar-refractivity contribution in [1.29, 1.82) is 0 Å². The number of hydrogen-bond donors (Lipinski definition) is 1. The lowest BCUT2D eigenvalue weighted by Gasteiger charge is -2.13.